The molecule has 0 unspecified atom stereocenters. The van der Waals surface area contributed by atoms with Crippen molar-refractivity contribution in [2.75, 3.05) is 11.9 Å². The summed E-state index contributed by atoms with van der Waals surface area (Å²) in [6, 6.07) is 10.9. The van der Waals surface area contributed by atoms with Gasteiger partial charge in [0.25, 0.3) is 11.6 Å². The van der Waals surface area contributed by atoms with Crippen LogP contribution in [0.5, 0.6) is 0 Å². The second-order valence-corrected chi connectivity index (χ2v) is 6.30. The number of carbonyl (C=O) groups excluding carboxylic acids is 2. The number of anilines is 1. The van der Waals surface area contributed by atoms with E-state index in [-0.39, 0.29) is 17.7 Å². The zero-order chi connectivity index (χ0) is 19.8. The largest absolute Gasteiger partial charge is 0.455 e. The highest BCUT2D eigenvalue weighted by Crippen LogP contribution is 2.23. The Morgan fingerprint density at radius 2 is 2.04 bits per heavy atom. The van der Waals surface area contributed by atoms with Crippen LogP contribution in [-0.2, 0) is 20.7 Å². The fourth-order valence-electron chi connectivity index (χ4n) is 2.27. The Bertz CT molecular complexity index is 923. The van der Waals surface area contributed by atoms with Crippen LogP contribution in [0, 0.1) is 27.7 Å². The quantitative estimate of drug-likeness (QED) is 0.255. The van der Waals surface area contributed by atoms with Crippen LogP contribution in [0.4, 0.5) is 11.4 Å². The van der Waals surface area contributed by atoms with E-state index in [0.717, 1.165) is 22.2 Å². The molecule has 2 aromatic carbocycles. The fourth-order valence-corrected chi connectivity index (χ4v) is 2.75. The molecule has 0 bridgehead atoms. The number of rotatable bonds is 7. The highest BCUT2D eigenvalue weighted by molar-refractivity contribution is 8.03. The van der Waals surface area contributed by atoms with Gasteiger partial charge < -0.3 is 10.1 Å². The maximum absolute atomic E-state index is 12.0. The minimum Gasteiger partial charge on any atom is -0.455 e. The third-order valence-electron chi connectivity index (χ3n) is 3.52. The van der Waals surface area contributed by atoms with Gasteiger partial charge in [-0.15, -0.1) is 0 Å². The molecule has 0 saturated heterocycles. The number of nitrogens with one attached hydrogen (secondary N) is 1. The molecule has 9 heteroatoms. The van der Waals surface area contributed by atoms with Crippen molar-refractivity contribution in [3.8, 4) is 5.40 Å². The number of aryl methyl sites for hydroxylation is 1. The number of nitrogens with zero attached hydrogens (tertiary/aromatic N) is 2. The average molecular weight is 385 g/mol. The standard InChI is InChI=1S/C18H15N3O5S/c1-12-8-14(27-11-19)6-7-15(12)20-17(22)10-26-18(23)9-13-4-2-3-5-16(13)21(24)25/h2-8H,9-10H2,1H3,(H,20,22). The zero-order valence-corrected chi connectivity index (χ0v) is 15.1. The minimum absolute atomic E-state index is 0.176. The van der Waals surface area contributed by atoms with Gasteiger partial charge in [-0.1, -0.05) is 18.2 Å². The van der Waals surface area contributed by atoms with Crippen molar-refractivity contribution in [2.45, 2.75) is 18.2 Å². The molecule has 0 aliphatic rings. The molecule has 0 saturated carbocycles. The van der Waals surface area contributed by atoms with Gasteiger partial charge in [0.2, 0.25) is 0 Å². The second-order valence-electron chi connectivity index (χ2n) is 5.44. The van der Waals surface area contributed by atoms with E-state index in [4.69, 9.17) is 10.00 Å². The van der Waals surface area contributed by atoms with E-state index in [0.29, 0.717) is 5.69 Å². The molecule has 0 atom stereocenters. The Kier molecular flexibility index (Phi) is 6.91. The number of thiocyanates is 1. The molecule has 2 rings (SSSR count). The lowest BCUT2D eigenvalue weighted by Crippen LogP contribution is -2.22. The summed E-state index contributed by atoms with van der Waals surface area (Å²) in [5, 5.41) is 24.2. The number of benzene rings is 2. The van der Waals surface area contributed by atoms with Gasteiger partial charge in [0.1, 0.15) is 5.40 Å². The number of hydrogen-bond acceptors (Lipinski definition) is 7. The van der Waals surface area contributed by atoms with Gasteiger partial charge in [0, 0.05) is 22.2 Å². The van der Waals surface area contributed by atoms with Crippen molar-refractivity contribution < 1.29 is 19.2 Å². The molecule has 1 amide bonds. The number of esters is 1. The number of nitro groups is 1. The lowest BCUT2D eigenvalue weighted by Gasteiger charge is -2.10. The number of thioether (sulfide) groups is 1. The van der Waals surface area contributed by atoms with Crippen molar-refractivity contribution in [3.05, 3.63) is 63.7 Å². The van der Waals surface area contributed by atoms with E-state index in [2.05, 4.69) is 5.32 Å². The first-order valence-corrected chi connectivity index (χ1v) is 8.56. The lowest BCUT2D eigenvalue weighted by atomic mass is 10.1. The summed E-state index contributed by atoms with van der Waals surface area (Å²) in [7, 11) is 0. The topological polar surface area (TPSA) is 122 Å². The molecule has 0 aliphatic heterocycles. The van der Waals surface area contributed by atoms with Crippen molar-refractivity contribution in [3.63, 3.8) is 0 Å². The normalized spacial score (nSPS) is 9.93. The van der Waals surface area contributed by atoms with Crippen LogP contribution in [0.15, 0.2) is 47.4 Å². The van der Waals surface area contributed by atoms with Crippen LogP contribution in [0.3, 0.4) is 0 Å². The number of amides is 1. The summed E-state index contributed by atoms with van der Waals surface area (Å²) in [5.41, 5.74) is 1.34. The Labute approximate surface area is 159 Å². The van der Waals surface area contributed by atoms with E-state index >= 15 is 0 Å². The predicted octanol–water partition coefficient (Wildman–Crippen LogP) is 3.20. The number of ether oxygens (including phenoxy) is 1. The van der Waals surface area contributed by atoms with Crippen LogP contribution in [0.25, 0.3) is 0 Å². The Morgan fingerprint density at radius 1 is 1.30 bits per heavy atom. The summed E-state index contributed by atoms with van der Waals surface area (Å²) in [6.45, 7) is 1.27. The first-order valence-electron chi connectivity index (χ1n) is 7.75. The van der Waals surface area contributed by atoms with E-state index in [1.165, 1.54) is 18.2 Å². The van der Waals surface area contributed by atoms with Crippen LogP contribution >= 0.6 is 11.8 Å². The first-order chi connectivity index (χ1) is 12.9. The van der Waals surface area contributed by atoms with Gasteiger partial charge in [-0.2, -0.15) is 5.26 Å². The van der Waals surface area contributed by atoms with E-state index in [1.807, 2.05) is 5.40 Å². The third-order valence-corrected chi connectivity index (χ3v) is 4.10. The first kappa shape index (κ1) is 19.9. The molecular formula is C18H15N3O5S. The number of para-hydroxylation sites is 1. The van der Waals surface area contributed by atoms with Crippen molar-refractivity contribution >= 4 is 35.0 Å². The van der Waals surface area contributed by atoms with E-state index in [1.54, 1.807) is 31.2 Å². The highest BCUT2D eigenvalue weighted by atomic mass is 32.2. The molecule has 0 aromatic heterocycles. The molecule has 8 nitrogen and oxygen atoms in total. The Balaban J connectivity index is 1.90. The third kappa shape index (κ3) is 5.83. The molecule has 138 valence electrons. The van der Waals surface area contributed by atoms with E-state index < -0.39 is 23.4 Å². The summed E-state index contributed by atoms with van der Waals surface area (Å²) in [4.78, 5) is 34.9. The fraction of sp³-hybridized carbons (Fsp3) is 0.167. The van der Waals surface area contributed by atoms with Crippen LogP contribution in [0.2, 0.25) is 0 Å². The number of hydrogen-bond donors (Lipinski definition) is 1. The summed E-state index contributed by atoms with van der Waals surface area (Å²) >= 11 is 1.01. The van der Waals surface area contributed by atoms with Crippen LogP contribution in [-0.4, -0.2) is 23.4 Å². The smallest absolute Gasteiger partial charge is 0.311 e. The van der Waals surface area contributed by atoms with Crippen molar-refractivity contribution in [2.24, 2.45) is 0 Å². The zero-order valence-electron chi connectivity index (χ0n) is 14.3. The molecule has 0 radical (unpaired) electrons. The van der Waals surface area contributed by atoms with Crippen LogP contribution in [0.1, 0.15) is 11.1 Å². The Morgan fingerprint density at radius 3 is 2.70 bits per heavy atom. The summed E-state index contributed by atoms with van der Waals surface area (Å²) < 4.78 is 4.90. The lowest BCUT2D eigenvalue weighted by molar-refractivity contribution is -0.385. The molecular weight excluding hydrogens is 370 g/mol. The van der Waals surface area contributed by atoms with Crippen molar-refractivity contribution in [1.29, 1.82) is 5.26 Å². The average Bonchev–Trinajstić information content (AvgIpc) is 2.63. The van der Waals surface area contributed by atoms with Crippen molar-refractivity contribution in [1.82, 2.24) is 0 Å². The molecule has 0 fully saturated rings. The Hall–Kier alpha value is -3.38. The van der Waals surface area contributed by atoms with Gasteiger partial charge in [0.15, 0.2) is 6.61 Å². The minimum atomic E-state index is -0.739. The monoisotopic (exact) mass is 385 g/mol. The van der Waals surface area contributed by atoms with Gasteiger partial charge in [-0.25, -0.2) is 0 Å². The highest BCUT2D eigenvalue weighted by Gasteiger charge is 2.17. The SMILES string of the molecule is Cc1cc(SC#N)ccc1NC(=O)COC(=O)Cc1ccccc1[N+](=O)[O-]. The summed E-state index contributed by atoms with van der Waals surface area (Å²) in [6.07, 6.45) is -0.302. The maximum atomic E-state index is 12.0. The molecule has 0 aliphatic carbocycles. The molecule has 2 aromatic rings. The molecule has 0 spiro atoms. The van der Waals surface area contributed by atoms with Gasteiger partial charge in [0.05, 0.1) is 11.3 Å². The predicted molar refractivity (Wildman–Crippen MR) is 99.0 cm³/mol. The maximum Gasteiger partial charge on any atom is 0.311 e. The number of nitro benzene ring substituents is 1. The molecule has 1 N–H and O–H groups in total. The van der Waals surface area contributed by atoms with E-state index in [9.17, 15) is 19.7 Å². The summed E-state index contributed by atoms with van der Waals surface area (Å²) in [5.74, 6) is -1.27. The second kappa shape index (κ2) is 9.35. The van der Waals surface area contributed by atoms with Gasteiger partial charge in [-0.05, 0) is 42.4 Å². The molecule has 27 heavy (non-hydrogen) atoms. The number of nitriles is 1. The van der Waals surface area contributed by atoms with Gasteiger partial charge in [-0.3, -0.25) is 19.7 Å². The van der Waals surface area contributed by atoms with Gasteiger partial charge >= 0.3 is 5.97 Å². The van der Waals surface area contributed by atoms with Crippen LogP contribution < -0.4 is 5.32 Å². The number of carbonyl (C=O) groups is 2. The molecule has 0 heterocycles.